The van der Waals surface area contributed by atoms with E-state index in [-0.39, 0.29) is 0 Å². The molecule has 0 spiro atoms. The second-order valence-corrected chi connectivity index (χ2v) is 6.29. The molecule has 0 aromatic rings. The van der Waals surface area contributed by atoms with E-state index in [0.29, 0.717) is 18.1 Å². The van der Waals surface area contributed by atoms with Crippen LogP contribution in [0.3, 0.4) is 0 Å². The SMILES string of the molecule is CC(N)CC(C)NC1CC(C)C(C)CC1C. The molecule has 16 heavy (non-hydrogen) atoms. The second-order valence-electron chi connectivity index (χ2n) is 6.29. The fourth-order valence-corrected chi connectivity index (χ4v) is 3.07. The predicted octanol–water partition coefficient (Wildman–Crippen LogP) is 2.77. The molecule has 1 rings (SSSR count). The van der Waals surface area contributed by atoms with Crippen molar-refractivity contribution in [3.05, 3.63) is 0 Å². The summed E-state index contributed by atoms with van der Waals surface area (Å²) in [6.07, 6.45) is 3.77. The quantitative estimate of drug-likeness (QED) is 0.773. The van der Waals surface area contributed by atoms with Crippen molar-refractivity contribution in [3.63, 3.8) is 0 Å². The van der Waals surface area contributed by atoms with Crippen LogP contribution < -0.4 is 11.1 Å². The zero-order valence-electron chi connectivity index (χ0n) is 11.7. The van der Waals surface area contributed by atoms with E-state index in [4.69, 9.17) is 5.73 Å². The number of hydrogen-bond donors (Lipinski definition) is 2. The fourth-order valence-electron chi connectivity index (χ4n) is 3.07. The average molecular weight is 226 g/mol. The third kappa shape index (κ3) is 4.06. The minimum atomic E-state index is 0.303. The Kier molecular flexibility index (Phi) is 5.26. The number of hydrogen-bond acceptors (Lipinski definition) is 2. The highest BCUT2D eigenvalue weighted by atomic mass is 15.0. The minimum absolute atomic E-state index is 0.303. The lowest BCUT2D eigenvalue weighted by Gasteiger charge is -2.39. The van der Waals surface area contributed by atoms with Gasteiger partial charge in [-0.1, -0.05) is 20.8 Å². The molecule has 0 heterocycles. The van der Waals surface area contributed by atoms with E-state index in [2.05, 4.69) is 39.9 Å². The number of nitrogens with two attached hydrogens (primary N) is 1. The van der Waals surface area contributed by atoms with E-state index in [9.17, 15) is 0 Å². The Hall–Kier alpha value is -0.0800. The monoisotopic (exact) mass is 226 g/mol. The van der Waals surface area contributed by atoms with Gasteiger partial charge in [0.25, 0.3) is 0 Å². The van der Waals surface area contributed by atoms with Crippen LogP contribution in [-0.2, 0) is 0 Å². The zero-order valence-corrected chi connectivity index (χ0v) is 11.7. The first-order valence-corrected chi connectivity index (χ1v) is 6.91. The first-order chi connectivity index (χ1) is 7.40. The van der Waals surface area contributed by atoms with Gasteiger partial charge in [-0.3, -0.25) is 0 Å². The molecule has 2 nitrogen and oxygen atoms in total. The summed E-state index contributed by atoms with van der Waals surface area (Å²) in [5.41, 5.74) is 5.84. The van der Waals surface area contributed by atoms with Gasteiger partial charge in [0, 0.05) is 18.1 Å². The van der Waals surface area contributed by atoms with Crippen LogP contribution in [0.1, 0.15) is 53.9 Å². The normalized spacial score (nSPS) is 39.4. The van der Waals surface area contributed by atoms with Crippen LogP contribution in [0.2, 0.25) is 0 Å². The molecule has 0 amide bonds. The largest absolute Gasteiger partial charge is 0.328 e. The Labute approximate surface area is 101 Å². The topological polar surface area (TPSA) is 38.0 Å². The zero-order chi connectivity index (χ0) is 12.3. The average Bonchev–Trinajstić information content (AvgIpc) is 2.12. The first-order valence-electron chi connectivity index (χ1n) is 6.91. The first kappa shape index (κ1) is 14.0. The molecule has 1 fully saturated rings. The molecule has 0 aromatic heterocycles. The summed E-state index contributed by atoms with van der Waals surface area (Å²) in [5, 5.41) is 3.77. The summed E-state index contributed by atoms with van der Waals surface area (Å²) in [6, 6.07) is 1.55. The maximum Gasteiger partial charge on any atom is 0.00979 e. The molecule has 0 aliphatic heterocycles. The van der Waals surface area contributed by atoms with Gasteiger partial charge in [0.15, 0.2) is 0 Å². The molecule has 6 unspecified atom stereocenters. The predicted molar refractivity (Wildman–Crippen MR) is 71.4 cm³/mol. The van der Waals surface area contributed by atoms with E-state index in [1.165, 1.54) is 12.8 Å². The van der Waals surface area contributed by atoms with Gasteiger partial charge in [0.2, 0.25) is 0 Å². The molecule has 96 valence electrons. The molecule has 0 radical (unpaired) electrons. The summed E-state index contributed by atoms with van der Waals surface area (Å²) in [6.45, 7) is 11.5. The summed E-state index contributed by atoms with van der Waals surface area (Å²) in [7, 11) is 0. The van der Waals surface area contributed by atoms with Gasteiger partial charge in [-0.15, -0.1) is 0 Å². The Bertz CT molecular complexity index is 203. The van der Waals surface area contributed by atoms with Crippen molar-refractivity contribution in [2.45, 2.75) is 72.0 Å². The van der Waals surface area contributed by atoms with Crippen LogP contribution in [0.5, 0.6) is 0 Å². The van der Waals surface area contributed by atoms with E-state index in [0.717, 1.165) is 24.2 Å². The van der Waals surface area contributed by atoms with Crippen molar-refractivity contribution >= 4 is 0 Å². The lowest BCUT2D eigenvalue weighted by atomic mass is 9.73. The Morgan fingerprint density at radius 1 is 1.06 bits per heavy atom. The van der Waals surface area contributed by atoms with Crippen LogP contribution in [0.15, 0.2) is 0 Å². The lowest BCUT2D eigenvalue weighted by Crippen LogP contribution is -2.46. The number of rotatable bonds is 4. The van der Waals surface area contributed by atoms with Crippen LogP contribution in [0.25, 0.3) is 0 Å². The molecule has 1 aliphatic rings. The van der Waals surface area contributed by atoms with Crippen molar-refractivity contribution in [2.24, 2.45) is 23.5 Å². The molecular formula is C14H30N2. The van der Waals surface area contributed by atoms with Crippen LogP contribution >= 0.6 is 0 Å². The van der Waals surface area contributed by atoms with Crippen molar-refractivity contribution in [2.75, 3.05) is 0 Å². The maximum absolute atomic E-state index is 5.84. The van der Waals surface area contributed by atoms with E-state index < -0.39 is 0 Å². The molecule has 0 bridgehead atoms. The highest BCUT2D eigenvalue weighted by molar-refractivity contribution is 4.86. The molecule has 3 N–H and O–H groups in total. The Morgan fingerprint density at radius 2 is 1.62 bits per heavy atom. The Balaban J connectivity index is 2.41. The molecular weight excluding hydrogens is 196 g/mol. The minimum Gasteiger partial charge on any atom is -0.328 e. The summed E-state index contributed by atoms with van der Waals surface area (Å²) < 4.78 is 0. The van der Waals surface area contributed by atoms with Crippen LogP contribution in [0, 0.1) is 17.8 Å². The summed E-state index contributed by atoms with van der Waals surface area (Å²) >= 11 is 0. The van der Waals surface area contributed by atoms with Gasteiger partial charge >= 0.3 is 0 Å². The Morgan fingerprint density at radius 3 is 2.19 bits per heavy atom. The van der Waals surface area contributed by atoms with Crippen molar-refractivity contribution < 1.29 is 0 Å². The second kappa shape index (κ2) is 6.02. The molecule has 1 saturated carbocycles. The standard InChI is InChI=1S/C14H30N2/c1-9-6-11(3)14(7-10(9)2)16-13(5)8-12(4)15/h9-14,16H,6-8,15H2,1-5H3. The summed E-state index contributed by atoms with van der Waals surface area (Å²) in [5.74, 6) is 2.55. The maximum atomic E-state index is 5.84. The lowest BCUT2D eigenvalue weighted by molar-refractivity contribution is 0.157. The van der Waals surface area contributed by atoms with Crippen molar-refractivity contribution in [1.29, 1.82) is 0 Å². The van der Waals surface area contributed by atoms with E-state index >= 15 is 0 Å². The van der Waals surface area contributed by atoms with Gasteiger partial charge in [0.1, 0.15) is 0 Å². The molecule has 1 aliphatic carbocycles. The van der Waals surface area contributed by atoms with Gasteiger partial charge in [-0.2, -0.15) is 0 Å². The highest BCUT2D eigenvalue weighted by Gasteiger charge is 2.30. The number of nitrogens with one attached hydrogen (secondary N) is 1. The van der Waals surface area contributed by atoms with Gasteiger partial charge in [0.05, 0.1) is 0 Å². The van der Waals surface area contributed by atoms with Gasteiger partial charge in [-0.05, 0) is 50.9 Å². The van der Waals surface area contributed by atoms with E-state index in [1.807, 2.05) is 0 Å². The van der Waals surface area contributed by atoms with Crippen molar-refractivity contribution in [1.82, 2.24) is 5.32 Å². The third-order valence-corrected chi connectivity index (χ3v) is 4.25. The molecule has 6 atom stereocenters. The van der Waals surface area contributed by atoms with Gasteiger partial charge < -0.3 is 11.1 Å². The van der Waals surface area contributed by atoms with Crippen molar-refractivity contribution in [3.8, 4) is 0 Å². The van der Waals surface area contributed by atoms with Gasteiger partial charge in [-0.25, -0.2) is 0 Å². The van der Waals surface area contributed by atoms with E-state index in [1.54, 1.807) is 0 Å². The van der Waals surface area contributed by atoms with Crippen LogP contribution in [0.4, 0.5) is 0 Å². The fraction of sp³-hybridized carbons (Fsp3) is 1.00. The third-order valence-electron chi connectivity index (χ3n) is 4.25. The smallest absolute Gasteiger partial charge is 0.00979 e. The highest BCUT2D eigenvalue weighted by Crippen LogP contribution is 2.33. The summed E-state index contributed by atoms with van der Waals surface area (Å²) in [4.78, 5) is 0. The molecule has 2 heteroatoms. The van der Waals surface area contributed by atoms with Crippen LogP contribution in [-0.4, -0.2) is 18.1 Å². The molecule has 0 saturated heterocycles. The molecule has 0 aromatic carbocycles.